The highest BCUT2D eigenvalue weighted by molar-refractivity contribution is 5.94. The van der Waals surface area contributed by atoms with Gasteiger partial charge in [-0.2, -0.15) is 15.0 Å². The van der Waals surface area contributed by atoms with Crippen LogP contribution in [0.25, 0.3) is 16.9 Å². The third-order valence-electron chi connectivity index (χ3n) is 6.06. The minimum Gasteiger partial charge on any atom is -0.493 e. The summed E-state index contributed by atoms with van der Waals surface area (Å²) >= 11 is 0. The van der Waals surface area contributed by atoms with Gasteiger partial charge >= 0.3 is 0 Å². The number of piperazine rings is 1. The van der Waals surface area contributed by atoms with E-state index in [2.05, 4.69) is 34.9 Å². The molecule has 0 aliphatic carbocycles. The van der Waals surface area contributed by atoms with Gasteiger partial charge in [-0.25, -0.2) is 4.98 Å². The minimum atomic E-state index is -0.0473. The summed E-state index contributed by atoms with van der Waals surface area (Å²) in [5.41, 5.74) is 3.29. The van der Waals surface area contributed by atoms with E-state index in [1.54, 1.807) is 36.5 Å². The molecule has 0 saturated carbocycles. The first-order valence-electron chi connectivity index (χ1n) is 10.7. The van der Waals surface area contributed by atoms with E-state index in [1.807, 2.05) is 11.8 Å². The van der Waals surface area contributed by atoms with Crippen molar-refractivity contribution in [2.75, 3.05) is 26.2 Å². The van der Waals surface area contributed by atoms with Gasteiger partial charge in [-0.15, -0.1) is 0 Å². The van der Waals surface area contributed by atoms with Crippen molar-refractivity contribution in [2.24, 2.45) is 0 Å². The van der Waals surface area contributed by atoms with Crippen LogP contribution in [0, 0.1) is 18.3 Å². The molecule has 32 heavy (non-hydrogen) atoms. The molecule has 3 heterocycles. The highest BCUT2D eigenvalue weighted by atomic mass is 16.3. The van der Waals surface area contributed by atoms with E-state index in [4.69, 9.17) is 5.26 Å². The molecule has 2 aromatic heterocycles. The van der Waals surface area contributed by atoms with Crippen LogP contribution in [0.15, 0.2) is 42.7 Å². The van der Waals surface area contributed by atoms with Gasteiger partial charge in [-0.3, -0.25) is 9.69 Å². The van der Waals surface area contributed by atoms with Gasteiger partial charge in [0.2, 0.25) is 5.88 Å². The second kappa shape index (κ2) is 8.81. The molecule has 4 rings (SSSR count). The Bertz CT molecular complexity index is 1180. The highest BCUT2D eigenvalue weighted by Crippen LogP contribution is 2.33. The number of hydrogen-bond donors (Lipinski definition) is 1. The van der Waals surface area contributed by atoms with E-state index in [0.29, 0.717) is 41.6 Å². The van der Waals surface area contributed by atoms with Gasteiger partial charge in [0.05, 0.1) is 29.0 Å². The average Bonchev–Trinajstić information content (AvgIpc) is 3.19. The molecular formula is C24H26N6O2. The average molecular weight is 431 g/mol. The molecule has 0 spiro atoms. The van der Waals surface area contributed by atoms with Crippen molar-refractivity contribution in [3.05, 3.63) is 59.4 Å². The molecule has 164 valence electrons. The number of carbonyl (C=O) groups excluding carboxylic acids is 1. The Kier molecular flexibility index (Phi) is 5.93. The van der Waals surface area contributed by atoms with Gasteiger partial charge in [-0.05, 0) is 55.8 Å². The van der Waals surface area contributed by atoms with Crippen LogP contribution in [0.5, 0.6) is 5.88 Å². The van der Waals surface area contributed by atoms with Crippen LogP contribution in [-0.4, -0.2) is 67.8 Å². The number of hydrogen-bond acceptors (Lipinski definition) is 6. The summed E-state index contributed by atoms with van der Waals surface area (Å²) in [5.74, 6) is 0.333. The maximum Gasteiger partial charge on any atom is 0.255 e. The first-order valence-corrected chi connectivity index (χ1v) is 10.7. The molecule has 1 aromatic carbocycles. The number of carbonyl (C=O) groups is 1. The summed E-state index contributed by atoms with van der Waals surface area (Å²) in [7, 11) is 0. The van der Waals surface area contributed by atoms with Gasteiger partial charge in [0.1, 0.15) is 0 Å². The van der Waals surface area contributed by atoms with Crippen LogP contribution < -0.4 is 0 Å². The van der Waals surface area contributed by atoms with Crippen molar-refractivity contribution < 1.29 is 9.90 Å². The van der Waals surface area contributed by atoms with E-state index >= 15 is 0 Å². The zero-order valence-corrected chi connectivity index (χ0v) is 18.5. The number of aromatic hydroxyl groups is 1. The molecular weight excluding hydrogens is 404 g/mol. The quantitative estimate of drug-likeness (QED) is 0.683. The zero-order valence-electron chi connectivity index (χ0n) is 18.5. The van der Waals surface area contributed by atoms with Crippen LogP contribution in [0.1, 0.15) is 35.3 Å². The predicted octanol–water partition coefficient (Wildman–Crippen LogP) is 2.99. The number of likely N-dealkylation sites (N-methyl/N-ethyl adjacent to an activating group) is 1. The van der Waals surface area contributed by atoms with Gasteiger partial charge in [-0.1, -0.05) is 13.0 Å². The molecule has 1 atom stereocenters. The standard InChI is InChI=1S/C24H26N6O2/c1-4-28-9-10-29(15-17(28)3)23(31)19-6-8-22(26-13-19)30-24(32)21(14-27-30)20-7-5-18(12-25)11-16(20)2/h5-8,11,13-14,17,32H,4,9-10,15H2,1-3H3/t17-/m0/s1. The first-order chi connectivity index (χ1) is 15.4. The van der Waals surface area contributed by atoms with Gasteiger partial charge in [0.25, 0.3) is 5.91 Å². The molecule has 1 amide bonds. The Morgan fingerprint density at radius 3 is 2.66 bits per heavy atom. The molecule has 8 nitrogen and oxygen atoms in total. The number of benzene rings is 1. The summed E-state index contributed by atoms with van der Waals surface area (Å²) in [6.45, 7) is 9.40. The smallest absolute Gasteiger partial charge is 0.255 e. The summed E-state index contributed by atoms with van der Waals surface area (Å²) < 4.78 is 1.34. The largest absolute Gasteiger partial charge is 0.493 e. The van der Waals surface area contributed by atoms with E-state index in [0.717, 1.165) is 24.2 Å². The highest BCUT2D eigenvalue weighted by Gasteiger charge is 2.26. The second-order valence-corrected chi connectivity index (χ2v) is 8.07. The van der Waals surface area contributed by atoms with Crippen molar-refractivity contribution in [3.8, 4) is 28.9 Å². The molecule has 1 aliphatic rings. The van der Waals surface area contributed by atoms with Gasteiger partial charge in [0.15, 0.2) is 5.82 Å². The Morgan fingerprint density at radius 1 is 1.22 bits per heavy atom. The molecule has 0 unspecified atom stereocenters. The minimum absolute atomic E-state index is 0.0368. The zero-order chi connectivity index (χ0) is 22.8. The number of rotatable bonds is 4. The summed E-state index contributed by atoms with van der Waals surface area (Å²) in [6, 6.07) is 11.1. The van der Waals surface area contributed by atoms with Crippen LogP contribution in [-0.2, 0) is 0 Å². The lowest BCUT2D eigenvalue weighted by Gasteiger charge is -2.39. The molecule has 0 bridgehead atoms. The van der Waals surface area contributed by atoms with E-state index in [1.165, 1.54) is 10.9 Å². The Morgan fingerprint density at radius 2 is 2.03 bits per heavy atom. The topological polar surface area (TPSA) is 98.3 Å². The van der Waals surface area contributed by atoms with Crippen molar-refractivity contribution in [1.82, 2.24) is 24.6 Å². The number of pyridine rings is 1. The number of aryl methyl sites for hydroxylation is 1. The van der Waals surface area contributed by atoms with Gasteiger partial charge in [0, 0.05) is 31.9 Å². The van der Waals surface area contributed by atoms with Crippen LogP contribution in [0.4, 0.5) is 0 Å². The number of nitrogens with zero attached hydrogens (tertiary/aromatic N) is 6. The normalized spacial score (nSPS) is 16.7. The lowest BCUT2D eigenvalue weighted by Crippen LogP contribution is -2.53. The number of aromatic nitrogens is 3. The monoisotopic (exact) mass is 430 g/mol. The van der Waals surface area contributed by atoms with Crippen molar-refractivity contribution in [1.29, 1.82) is 5.26 Å². The summed E-state index contributed by atoms with van der Waals surface area (Å²) in [6.07, 6.45) is 3.10. The SMILES string of the molecule is CCN1CCN(C(=O)c2ccc(-n3ncc(-c4ccc(C#N)cc4C)c3O)nc2)C[C@@H]1C. The molecule has 3 aromatic rings. The maximum atomic E-state index is 12.9. The van der Waals surface area contributed by atoms with Crippen LogP contribution >= 0.6 is 0 Å². The Balaban J connectivity index is 1.54. The molecule has 1 aliphatic heterocycles. The fraction of sp³-hybridized carbons (Fsp3) is 0.333. The Labute approximate surface area is 187 Å². The fourth-order valence-corrected chi connectivity index (χ4v) is 4.20. The third kappa shape index (κ3) is 3.95. The van der Waals surface area contributed by atoms with Gasteiger partial charge < -0.3 is 10.0 Å². The third-order valence-corrected chi connectivity index (χ3v) is 6.06. The second-order valence-electron chi connectivity index (χ2n) is 8.07. The van der Waals surface area contributed by atoms with Crippen molar-refractivity contribution in [2.45, 2.75) is 26.8 Å². The number of amides is 1. The molecule has 8 heteroatoms. The Hall–Kier alpha value is -3.70. The molecule has 0 radical (unpaired) electrons. The molecule has 1 N–H and O–H groups in total. The maximum absolute atomic E-state index is 12.9. The lowest BCUT2D eigenvalue weighted by atomic mass is 10.0. The number of nitriles is 1. The van der Waals surface area contributed by atoms with E-state index < -0.39 is 0 Å². The lowest BCUT2D eigenvalue weighted by molar-refractivity contribution is 0.0528. The van der Waals surface area contributed by atoms with E-state index in [9.17, 15) is 9.90 Å². The van der Waals surface area contributed by atoms with Crippen LogP contribution in [0.2, 0.25) is 0 Å². The van der Waals surface area contributed by atoms with Crippen molar-refractivity contribution >= 4 is 5.91 Å². The predicted molar refractivity (Wildman–Crippen MR) is 121 cm³/mol. The van der Waals surface area contributed by atoms with Crippen molar-refractivity contribution in [3.63, 3.8) is 0 Å². The molecule has 1 fully saturated rings. The van der Waals surface area contributed by atoms with E-state index in [-0.39, 0.29) is 11.8 Å². The molecule has 1 saturated heterocycles. The first kappa shape index (κ1) is 21.5. The fourth-order valence-electron chi connectivity index (χ4n) is 4.20. The van der Waals surface area contributed by atoms with Crippen LogP contribution in [0.3, 0.4) is 0 Å². The summed E-state index contributed by atoms with van der Waals surface area (Å²) in [4.78, 5) is 21.5. The summed E-state index contributed by atoms with van der Waals surface area (Å²) in [5, 5.41) is 24.1.